The Morgan fingerprint density at radius 2 is 2.06 bits per heavy atom. The van der Waals surface area contributed by atoms with Gasteiger partial charge in [-0.2, -0.15) is 0 Å². The number of hydrogen-bond donors (Lipinski definition) is 1. The van der Waals surface area contributed by atoms with Gasteiger partial charge in [-0.25, -0.2) is 0 Å². The summed E-state index contributed by atoms with van der Waals surface area (Å²) in [5, 5.41) is 3.43. The largest absolute Gasteiger partial charge is 0.385 e. The first-order valence-corrected chi connectivity index (χ1v) is 6.33. The van der Waals surface area contributed by atoms with E-state index in [2.05, 4.69) is 43.1 Å². The van der Waals surface area contributed by atoms with Crippen LogP contribution >= 0.6 is 0 Å². The van der Waals surface area contributed by atoms with Crippen LogP contribution in [0.1, 0.15) is 45.1 Å². The Kier molecular flexibility index (Phi) is 5.10. The topological polar surface area (TPSA) is 12.0 Å². The van der Waals surface area contributed by atoms with E-state index in [0.717, 1.165) is 13.0 Å². The number of allylic oxidation sites excluding steroid dienone is 1. The van der Waals surface area contributed by atoms with E-state index in [-0.39, 0.29) is 0 Å². The van der Waals surface area contributed by atoms with Crippen LogP contribution in [0.25, 0.3) is 0 Å². The van der Waals surface area contributed by atoms with E-state index >= 15 is 0 Å². The molecule has 0 amide bonds. The van der Waals surface area contributed by atoms with Crippen molar-refractivity contribution in [3.63, 3.8) is 0 Å². The first-order valence-electron chi connectivity index (χ1n) is 6.33. The quantitative estimate of drug-likeness (QED) is 0.715. The number of para-hydroxylation sites is 1. The Morgan fingerprint density at radius 1 is 1.38 bits per heavy atom. The maximum atomic E-state index is 4.17. The first kappa shape index (κ1) is 12.8. The van der Waals surface area contributed by atoms with Crippen LogP contribution in [0, 0.1) is 0 Å². The van der Waals surface area contributed by atoms with Crippen molar-refractivity contribution >= 4 is 5.69 Å². The summed E-state index contributed by atoms with van der Waals surface area (Å²) < 4.78 is 0. The lowest BCUT2D eigenvalue weighted by atomic mass is 9.84. The van der Waals surface area contributed by atoms with E-state index < -0.39 is 0 Å². The molecule has 1 heteroatoms. The van der Waals surface area contributed by atoms with Crippen LogP contribution in [0.2, 0.25) is 0 Å². The highest BCUT2D eigenvalue weighted by molar-refractivity contribution is 5.56. The third-order valence-electron chi connectivity index (χ3n) is 3.03. The SMILES string of the molecule is C=C(CC)C1CCNc2ccccc21.CC. The van der Waals surface area contributed by atoms with E-state index in [1.165, 1.54) is 23.2 Å². The van der Waals surface area contributed by atoms with Gasteiger partial charge < -0.3 is 5.32 Å². The van der Waals surface area contributed by atoms with Crippen molar-refractivity contribution in [2.75, 3.05) is 11.9 Å². The molecule has 1 aliphatic heterocycles. The molecule has 0 aliphatic carbocycles. The molecule has 1 unspecified atom stereocenters. The number of fused-ring (bicyclic) bond motifs is 1. The van der Waals surface area contributed by atoms with E-state index in [9.17, 15) is 0 Å². The summed E-state index contributed by atoms with van der Waals surface area (Å²) in [6, 6.07) is 8.57. The van der Waals surface area contributed by atoms with Crippen LogP contribution in [0.3, 0.4) is 0 Å². The fourth-order valence-electron chi connectivity index (χ4n) is 2.14. The van der Waals surface area contributed by atoms with Crippen molar-refractivity contribution < 1.29 is 0 Å². The molecule has 0 saturated carbocycles. The number of nitrogens with one attached hydrogen (secondary N) is 1. The van der Waals surface area contributed by atoms with Gasteiger partial charge in [-0.1, -0.05) is 51.1 Å². The van der Waals surface area contributed by atoms with Crippen LogP contribution in [-0.4, -0.2) is 6.54 Å². The monoisotopic (exact) mass is 217 g/mol. The van der Waals surface area contributed by atoms with Gasteiger partial charge in [0.2, 0.25) is 0 Å². The third-order valence-corrected chi connectivity index (χ3v) is 3.03. The van der Waals surface area contributed by atoms with E-state index in [1.54, 1.807) is 0 Å². The van der Waals surface area contributed by atoms with E-state index in [0.29, 0.717) is 5.92 Å². The van der Waals surface area contributed by atoms with Crippen LogP contribution in [-0.2, 0) is 0 Å². The average molecular weight is 217 g/mol. The number of hydrogen-bond acceptors (Lipinski definition) is 1. The molecule has 1 nitrogen and oxygen atoms in total. The second-order valence-corrected chi connectivity index (χ2v) is 3.87. The smallest absolute Gasteiger partial charge is 0.0378 e. The summed E-state index contributed by atoms with van der Waals surface area (Å²) in [6.45, 7) is 11.4. The van der Waals surface area contributed by atoms with Crippen molar-refractivity contribution in [2.24, 2.45) is 0 Å². The van der Waals surface area contributed by atoms with Crippen molar-refractivity contribution in [3.8, 4) is 0 Å². The molecule has 1 N–H and O–H groups in total. The molecular formula is C15H23N. The van der Waals surface area contributed by atoms with Crippen LogP contribution in [0.4, 0.5) is 5.69 Å². The predicted octanol–water partition coefficient (Wildman–Crippen LogP) is 4.58. The van der Waals surface area contributed by atoms with Crippen LogP contribution in [0.15, 0.2) is 36.4 Å². The maximum absolute atomic E-state index is 4.17. The highest BCUT2D eigenvalue weighted by Crippen LogP contribution is 2.36. The summed E-state index contributed by atoms with van der Waals surface area (Å²) in [6.07, 6.45) is 2.27. The molecule has 0 fully saturated rings. The summed E-state index contributed by atoms with van der Waals surface area (Å²) in [4.78, 5) is 0. The maximum Gasteiger partial charge on any atom is 0.0378 e. The lowest BCUT2D eigenvalue weighted by Crippen LogP contribution is -2.17. The van der Waals surface area contributed by atoms with Crippen LogP contribution < -0.4 is 5.32 Å². The van der Waals surface area contributed by atoms with Crippen molar-refractivity contribution in [3.05, 3.63) is 42.0 Å². The highest BCUT2D eigenvalue weighted by Gasteiger charge is 2.20. The Labute approximate surface area is 99.6 Å². The van der Waals surface area contributed by atoms with E-state index in [1.807, 2.05) is 13.8 Å². The van der Waals surface area contributed by atoms with Gasteiger partial charge in [0.15, 0.2) is 0 Å². The normalized spacial score (nSPS) is 17.6. The Hall–Kier alpha value is -1.24. The number of rotatable bonds is 2. The molecule has 2 rings (SSSR count). The molecule has 16 heavy (non-hydrogen) atoms. The Balaban J connectivity index is 0.000000606. The molecule has 88 valence electrons. The van der Waals surface area contributed by atoms with Gasteiger partial charge in [0.1, 0.15) is 0 Å². The second-order valence-electron chi connectivity index (χ2n) is 3.87. The van der Waals surface area contributed by atoms with Crippen LogP contribution in [0.5, 0.6) is 0 Å². The molecule has 1 heterocycles. The zero-order valence-electron chi connectivity index (χ0n) is 10.7. The van der Waals surface area contributed by atoms with Crippen molar-refractivity contribution in [1.82, 2.24) is 0 Å². The Bertz CT molecular complexity index is 341. The summed E-state index contributed by atoms with van der Waals surface area (Å²) in [7, 11) is 0. The lowest BCUT2D eigenvalue weighted by Gasteiger charge is -2.27. The van der Waals surface area contributed by atoms with Gasteiger partial charge in [0, 0.05) is 18.2 Å². The fraction of sp³-hybridized carbons (Fsp3) is 0.467. The molecule has 1 aliphatic rings. The number of benzene rings is 1. The predicted molar refractivity (Wildman–Crippen MR) is 73.1 cm³/mol. The van der Waals surface area contributed by atoms with Gasteiger partial charge in [0.05, 0.1) is 0 Å². The molecule has 0 bridgehead atoms. The van der Waals surface area contributed by atoms with Gasteiger partial charge in [-0.15, -0.1) is 0 Å². The Morgan fingerprint density at radius 3 is 2.75 bits per heavy atom. The average Bonchev–Trinajstić information content (AvgIpc) is 2.39. The first-order chi connectivity index (χ1) is 7.83. The van der Waals surface area contributed by atoms with Gasteiger partial charge in [0.25, 0.3) is 0 Å². The highest BCUT2D eigenvalue weighted by atomic mass is 14.9. The summed E-state index contributed by atoms with van der Waals surface area (Å²) >= 11 is 0. The van der Waals surface area contributed by atoms with Gasteiger partial charge >= 0.3 is 0 Å². The fourth-order valence-corrected chi connectivity index (χ4v) is 2.14. The minimum atomic E-state index is 0.567. The molecule has 0 radical (unpaired) electrons. The minimum absolute atomic E-state index is 0.567. The second kappa shape index (κ2) is 6.37. The molecule has 0 aromatic heterocycles. The van der Waals surface area contributed by atoms with E-state index in [4.69, 9.17) is 0 Å². The zero-order chi connectivity index (χ0) is 12.0. The van der Waals surface area contributed by atoms with Gasteiger partial charge in [-0.3, -0.25) is 0 Å². The molecule has 1 aromatic carbocycles. The third kappa shape index (κ3) is 2.66. The molecule has 1 aromatic rings. The summed E-state index contributed by atoms with van der Waals surface area (Å²) in [5.41, 5.74) is 4.07. The summed E-state index contributed by atoms with van der Waals surface area (Å²) in [5.74, 6) is 0.567. The minimum Gasteiger partial charge on any atom is -0.385 e. The molecule has 0 saturated heterocycles. The zero-order valence-corrected chi connectivity index (χ0v) is 10.7. The van der Waals surface area contributed by atoms with Crippen molar-refractivity contribution in [1.29, 1.82) is 0 Å². The standard InChI is InChI=1S/C13H17N.C2H6/c1-3-10(2)11-8-9-14-13-7-5-4-6-12(11)13;1-2/h4-7,11,14H,2-3,8-9H2,1H3;1-2H3. The van der Waals surface area contributed by atoms with Crippen molar-refractivity contribution in [2.45, 2.75) is 39.5 Å². The molecule has 0 spiro atoms. The molecular weight excluding hydrogens is 194 g/mol. The lowest BCUT2D eigenvalue weighted by molar-refractivity contribution is 0.688. The number of anilines is 1. The molecule has 1 atom stereocenters. The van der Waals surface area contributed by atoms with Gasteiger partial charge in [-0.05, 0) is 24.5 Å².